The Morgan fingerprint density at radius 2 is 2.12 bits per heavy atom. The van der Waals surface area contributed by atoms with Gasteiger partial charge in [0, 0.05) is 52.4 Å². The predicted octanol–water partition coefficient (Wildman–Crippen LogP) is 4.27. The Morgan fingerprint density at radius 3 is 2.92 bits per heavy atom. The van der Waals surface area contributed by atoms with Crippen molar-refractivity contribution in [2.75, 3.05) is 11.4 Å². The Labute approximate surface area is 145 Å². The molecule has 0 aliphatic carbocycles. The molecule has 5 heteroatoms. The van der Waals surface area contributed by atoms with Crippen molar-refractivity contribution in [3.63, 3.8) is 0 Å². The molecule has 0 unspecified atom stereocenters. The Kier molecular flexibility index (Phi) is 3.47. The van der Waals surface area contributed by atoms with Crippen LogP contribution >= 0.6 is 11.6 Å². The molecule has 0 fully saturated rings. The summed E-state index contributed by atoms with van der Waals surface area (Å²) in [5.41, 5.74) is 7.04. The predicted molar refractivity (Wildman–Crippen MR) is 96.5 cm³/mol. The molecule has 0 saturated heterocycles. The number of aromatic amines is 1. The highest BCUT2D eigenvalue weighted by atomic mass is 35.5. The first-order valence-corrected chi connectivity index (χ1v) is 8.37. The van der Waals surface area contributed by atoms with Crippen LogP contribution in [0.5, 0.6) is 0 Å². The van der Waals surface area contributed by atoms with Crippen LogP contribution in [0.15, 0.2) is 24.3 Å². The lowest BCUT2D eigenvalue weighted by Crippen LogP contribution is -2.31. The molecule has 1 aromatic carbocycles. The number of rotatable bonds is 1. The van der Waals surface area contributed by atoms with Gasteiger partial charge in [0.15, 0.2) is 0 Å². The molecule has 24 heavy (non-hydrogen) atoms. The molecule has 4 rings (SSSR count). The highest BCUT2D eigenvalue weighted by Crippen LogP contribution is 2.33. The molecule has 0 atom stereocenters. The highest BCUT2D eigenvalue weighted by Gasteiger charge is 2.23. The summed E-state index contributed by atoms with van der Waals surface area (Å²) in [4.78, 5) is 10.2. The van der Waals surface area contributed by atoms with E-state index in [-0.39, 0.29) is 0 Å². The van der Waals surface area contributed by atoms with Crippen molar-refractivity contribution in [2.24, 2.45) is 0 Å². The van der Waals surface area contributed by atoms with Crippen LogP contribution in [0.1, 0.15) is 28.2 Å². The van der Waals surface area contributed by atoms with Crippen LogP contribution in [-0.4, -0.2) is 16.5 Å². The summed E-state index contributed by atoms with van der Waals surface area (Å²) in [6.07, 6.45) is 0.924. The lowest BCUT2D eigenvalue weighted by Gasteiger charge is -2.30. The van der Waals surface area contributed by atoms with Crippen LogP contribution in [0.25, 0.3) is 10.9 Å². The van der Waals surface area contributed by atoms with Gasteiger partial charge in [0.2, 0.25) is 0 Å². The molecule has 0 radical (unpaired) electrons. The van der Waals surface area contributed by atoms with Crippen molar-refractivity contribution in [2.45, 2.75) is 26.8 Å². The molecule has 0 bridgehead atoms. The number of nitriles is 1. The minimum absolute atomic E-state index is 0.668. The lowest BCUT2D eigenvalue weighted by molar-refractivity contribution is 0.723. The molecule has 3 heterocycles. The summed E-state index contributed by atoms with van der Waals surface area (Å²) < 4.78 is 0. The van der Waals surface area contributed by atoms with E-state index in [1.54, 1.807) is 0 Å². The minimum Gasteiger partial charge on any atom is -0.366 e. The van der Waals surface area contributed by atoms with Crippen molar-refractivity contribution >= 4 is 28.2 Å². The molecule has 1 aliphatic heterocycles. The first-order valence-electron chi connectivity index (χ1n) is 7.99. The van der Waals surface area contributed by atoms with E-state index in [0.717, 1.165) is 47.1 Å². The second-order valence-electron chi connectivity index (χ2n) is 6.30. The van der Waals surface area contributed by atoms with Crippen LogP contribution in [0.4, 0.5) is 5.69 Å². The highest BCUT2D eigenvalue weighted by molar-refractivity contribution is 6.31. The number of halogens is 1. The van der Waals surface area contributed by atoms with E-state index in [1.165, 1.54) is 16.6 Å². The van der Waals surface area contributed by atoms with Gasteiger partial charge >= 0.3 is 0 Å². The zero-order valence-corrected chi connectivity index (χ0v) is 14.4. The molecular formula is C19H17ClN4. The van der Waals surface area contributed by atoms with Crippen LogP contribution in [-0.2, 0) is 13.0 Å². The number of hydrogen-bond acceptors (Lipinski definition) is 3. The maximum atomic E-state index is 9.54. The van der Waals surface area contributed by atoms with Crippen molar-refractivity contribution in [1.82, 2.24) is 9.97 Å². The minimum atomic E-state index is 0.668. The maximum absolute atomic E-state index is 9.54. The molecule has 0 saturated carbocycles. The standard InChI is InChI=1S/C19H17ClN4/c1-11-7-19(15(9-21)12(2)22-11)24-6-5-18-16(10-24)14-8-13(20)3-4-17(14)23-18/h3-4,7-8,23H,5-6,10H2,1-2H3. The topological polar surface area (TPSA) is 55.7 Å². The first-order chi connectivity index (χ1) is 11.6. The van der Waals surface area contributed by atoms with E-state index in [1.807, 2.05) is 38.1 Å². The number of pyridine rings is 1. The molecule has 120 valence electrons. The largest absolute Gasteiger partial charge is 0.366 e. The van der Waals surface area contributed by atoms with Crippen LogP contribution in [0.3, 0.4) is 0 Å². The summed E-state index contributed by atoms with van der Waals surface area (Å²) in [7, 11) is 0. The van der Waals surface area contributed by atoms with Crippen molar-refractivity contribution in [3.05, 3.63) is 57.5 Å². The summed E-state index contributed by atoms with van der Waals surface area (Å²) in [6, 6.07) is 10.3. The van der Waals surface area contributed by atoms with Crippen molar-refractivity contribution < 1.29 is 0 Å². The fourth-order valence-corrected chi connectivity index (χ4v) is 3.76. The van der Waals surface area contributed by atoms with Crippen LogP contribution in [0, 0.1) is 25.2 Å². The second-order valence-corrected chi connectivity index (χ2v) is 6.73. The Morgan fingerprint density at radius 1 is 1.29 bits per heavy atom. The molecule has 1 N–H and O–H groups in total. The normalized spacial score (nSPS) is 13.8. The molecule has 1 aliphatic rings. The third kappa shape index (κ3) is 2.33. The number of nitrogens with zero attached hydrogens (tertiary/aromatic N) is 3. The van der Waals surface area contributed by atoms with Gasteiger partial charge in [0.1, 0.15) is 6.07 Å². The number of H-pyrrole nitrogens is 1. The van der Waals surface area contributed by atoms with Gasteiger partial charge in [0.05, 0.1) is 16.9 Å². The van der Waals surface area contributed by atoms with E-state index < -0.39 is 0 Å². The van der Waals surface area contributed by atoms with Crippen LogP contribution < -0.4 is 4.90 Å². The second kappa shape index (κ2) is 5.54. The Balaban J connectivity index is 1.81. The molecule has 3 aromatic rings. The smallest absolute Gasteiger partial charge is 0.103 e. The first kappa shape index (κ1) is 15.0. The molecule has 2 aromatic heterocycles. The lowest BCUT2D eigenvalue weighted by atomic mass is 10.0. The van der Waals surface area contributed by atoms with Crippen molar-refractivity contribution in [1.29, 1.82) is 5.26 Å². The van der Waals surface area contributed by atoms with Gasteiger partial charge in [-0.15, -0.1) is 0 Å². The fraction of sp³-hybridized carbons (Fsp3) is 0.263. The number of nitrogens with one attached hydrogen (secondary N) is 1. The summed E-state index contributed by atoms with van der Waals surface area (Å²) in [5, 5.41) is 11.5. The number of aryl methyl sites for hydroxylation is 2. The SMILES string of the molecule is Cc1cc(N2CCc3[nH]c4ccc(Cl)cc4c3C2)c(C#N)c(C)n1. The number of aromatic nitrogens is 2. The molecule has 0 spiro atoms. The van der Waals surface area contributed by atoms with Gasteiger partial charge in [-0.2, -0.15) is 5.26 Å². The maximum Gasteiger partial charge on any atom is 0.103 e. The van der Waals surface area contributed by atoms with E-state index in [4.69, 9.17) is 11.6 Å². The van der Waals surface area contributed by atoms with Gasteiger partial charge in [-0.3, -0.25) is 4.98 Å². The van der Waals surface area contributed by atoms with Gasteiger partial charge in [-0.05, 0) is 38.1 Å². The third-order valence-electron chi connectivity index (χ3n) is 4.70. The van der Waals surface area contributed by atoms with Gasteiger partial charge in [0.25, 0.3) is 0 Å². The van der Waals surface area contributed by atoms with Gasteiger partial charge in [-0.1, -0.05) is 11.6 Å². The third-order valence-corrected chi connectivity index (χ3v) is 4.93. The van der Waals surface area contributed by atoms with E-state index >= 15 is 0 Å². The zero-order valence-electron chi connectivity index (χ0n) is 13.7. The quantitative estimate of drug-likeness (QED) is 0.722. The van der Waals surface area contributed by atoms with E-state index in [2.05, 4.69) is 20.9 Å². The van der Waals surface area contributed by atoms with Gasteiger partial charge in [-0.25, -0.2) is 0 Å². The number of benzene rings is 1. The Hall–Kier alpha value is -2.51. The fourth-order valence-electron chi connectivity index (χ4n) is 3.59. The average molecular weight is 337 g/mol. The molecule has 4 nitrogen and oxygen atoms in total. The number of anilines is 1. The average Bonchev–Trinajstić information content (AvgIpc) is 2.91. The number of fused-ring (bicyclic) bond motifs is 3. The van der Waals surface area contributed by atoms with Crippen LogP contribution in [0.2, 0.25) is 5.02 Å². The summed E-state index contributed by atoms with van der Waals surface area (Å²) >= 11 is 6.18. The van der Waals surface area contributed by atoms with E-state index in [9.17, 15) is 5.26 Å². The van der Waals surface area contributed by atoms with Crippen molar-refractivity contribution in [3.8, 4) is 6.07 Å². The van der Waals surface area contributed by atoms with E-state index in [0.29, 0.717) is 5.56 Å². The zero-order chi connectivity index (χ0) is 16.8. The van der Waals surface area contributed by atoms with Gasteiger partial charge < -0.3 is 9.88 Å². The number of hydrogen-bond donors (Lipinski definition) is 1. The molecule has 0 amide bonds. The Bertz CT molecular complexity index is 997. The summed E-state index contributed by atoms with van der Waals surface area (Å²) in [6.45, 7) is 5.52. The molecular weight excluding hydrogens is 320 g/mol. The summed E-state index contributed by atoms with van der Waals surface area (Å²) in [5.74, 6) is 0. The monoisotopic (exact) mass is 336 g/mol.